The number of carbonyl (C=O) groups is 2. The van der Waals surface area contributed by atoms with Crippen molar-refractivity contribution in [1.82, 2.24) is 10.3 Å². The number of ether oxygens (including phenoxy) is 1. The molecule has 0 aliphatic carbocycles. The maximum absolute atomic E-state index is 12.2. The van der Waals surface area contributed by atoms with Gasteiger partial charge in [0, 0.05) is 21.9 Å². The molecule has 2 N–H and O–H groups in total. The molecular weight excluding hydrogens is 386 g/mol. The highest BCUT2D eigenvalue weighted by Gasteiger charge is 2.16. The zero-order valence-electron chi connectivity index (χ0n) is 14.3. The van der Waals surface area contributed by atoms with Gasteiger partial charge in [-0.1, -0.05) is 15.9 Å². The van der Waals surface area contributed by atoms with Gasteiger partial charge in [-0.25, -0.2) is 4.79 Å². The van der Waals surface area contributed by atoms with E-state index in [1.807, 2.05) is 12.1 Å². The molecule has 0 radical (unpaired) electrons. The highest BCUT2D eigenvalue weighted by atomic mass is 79.9. The van der Waals surface area contributed by atoms with Crippen LogP contribution in [-0.4, -0.2) is 22.6 Å². The number of nitrogens with zero attached hydrogens (tertiary/aromatic N) is 1. The molecule has 132 valence electrons. The number of benzene rings is 1. The number of carbonyl (C=O) groups excluding carboxylic acids is 2. The first-order valence-electron chi connectivity index (χ1n) is 7.72. The Kier molecular flexibility index (Phi) is 6.14. The van der Waals surface area contributed by atoms with Crippen LogP contribution >= 0.6 is 15.9 Å². The van der Waals surface area contributed by atoms with Crippen LogP contribution < -0.4 is 10.6 Å². The monoisotopic (exact) mass is 405 g/mol. The fourth-order valence-electron chi connectivity index (χ4n) is 1.94. The highest BCUT2D eigenvalue weighted by Crippen LogP contribution is 2.13. The number of anilines is 1. The van der Waals surface area contributed by atoms with Crippen molar-refractivity contribution in [1.29, 1.82) is 0 Å². The molecule has 7 heteroatoms. The molecule has 1 heterocycles. The second-order valence-electron chi connectivity index (χ2n) is 6.35. The van der Waals surface area contributed by atoms with Gasteiger partial charge in [0.05, 0.1) is 12.2 Å². The molecule has 0 spiro atoms. The molecule has 6 nitrogen and oxygen atoms in total. The lowest BCUT2D eigenvalue weighted by Crippen LogP contribution is -2.27. The summed E-state index contributed by atoms with van der Waals surface area (Å²) in [4.78, 5) is 28.0. The number of aromatic nitrogens is 1. The minimum Gasteiger partial charge on any atom is -0.444 e. The van der Waals surface area contributed by atoms with Crippen molar-refractivity contribution in [3.63, 3.8) is 0 Å². The van der Waals surface area contributed by atoms with E-state index >= 15 is 0 Å². The van der Waals surface area contributed by atoms with Gasteiger partial charge in [-0.2, -0.15) is 0 Å². The number of nitrogens with one attached hydrogen (secondary N) is 2. The van der Waals surface area contributed by atoms with Crippen LogP contribution in [0.25, 0.3) is 0 Å². The van der Waals surface area contributed by atoms with E-state index in [1.165, 1.54) is 0 Å². The van der Waals surface area contributed by atoms with Crippen LogP contribution in [0.4, 0.5) is 10.5 Å². The summed E-state index contributed by atoms with van der Waals surface area (Å²) in [6, 6.07) is 10.2. The number of hydrogen-bond donors (Lipinski definition) is 2. The van der Waals surface area contributed by atoms with E-state index in [9.17, 15) is 9.59 Å². The average molecular weight is 406 g/mol. The van der Waals surface area contributed by atoms with E-state index in [4.69, 9.17) is 4.74 Å². The van der Waals surface area contributed by atoms with Gasteiger partial charge in [0.1, 0.15) is 5.60 Å². The van der Waals surface area contributed by atoms with Gasteiger partial charge >= 0.3 is 6.09 Å². The van der Waals surface area contributed by atoms with Crippen LogP contribution in [0.5, 0.6) is 0 Å². The summed E-state index contributed by atoms with van der Waals surface area (Å²) in [6.45, 7) is 5.70. The predicted molar refractivity (Wildman–Crippen MR) is 99.4 cm³/mol. The van der Waals surface area contributed by atoms with Gasteiger partial charge in [-0.3, -0.25) is 15.1 Å². The van der Waals surface area contributed by atoms with Crippen molar-refractivity contribution in [2.45, 2.75) is 32.9 Å². The van der Waals surface area contributed by atoms with Crippen LogP contribution in [0.15, 0.2) is 47.1 Å². The molecule has 2 amide bonds. The molecule has 2 aromatic rings. The second kappa shape index (κ2) is 8.11. The molecule has 0 atom stereocenters. The molecule has 0 aliphatic rings. The minimum absolute atomic E-state index is 0.217. The topological polar surface area (TPSA) is 80.3 Å². The van der Waals surface area contributed by atoms with Crippen molar-refractivity contribution in [3.05, 3.63) is 58.3 Å². The smallest absolute Gasteiger partial charge is 0.412 e. The molecule has 1 aromatic carbocycles. The number of halogens is 1. The minimum atomic E-state index is -0.565. The maximum Gasteiger partial charge on any atom is 0.412 e. The van der Waals surface area contributed by atoms with Gasteiger partial charge in [0.15, 0.2) is 0 Å². The summed E-state index contributed by atoms with van der Waals surface area (Å²) in [7, 11) is 0. The molecular formula is C18H20BrN3O3. The Morgan fingerprint density at radius 3 is 2.44 bits per heavy atom. The average Bonchev–Trinajstić information content (AvgIpc) is 2.51. The lowest BCUT2D eigenvalue weighted by Gasteiger charge is -2.19. The zero-order chi connectivity index (χ0) is 18.4. The summed E-state index contributed by atoms with van der Waals surface area (Å²) in [5, 5.41) is 5.42. The zero-order valence-corrected chi connectivity index (χ0v) is 15.9. The first-order valence-corrected chi connectivity index (χ1v) is 8.51. The lowest BCUT2D eigenvalue weighted by molar-refractivity contribution is 0.0635. The molecule has 0 unspecified atom stereocenters. The Morgan fingerprint density at radius 2 is 1.84 bits per heavy atom. The van der Waals surface area contributed by atoms with Crippen molar-refractivity contribution >= 4 is 33.6 Å². The Morgan fingerprint density at radius 1 is 1.16 bits per heavy atom. The molecule has 0 saturated carbocycles. The quantitative estimate of drug-likeness (QED) is 0.801. The molecule has 0 bridgehead atoms. The van der Waals surface area contributed by atoms with E-state index in [2.05, 4.69) is 31.5 Å². The van der Waals surface area contributed by atoms with E-state index < -0.39 is 11.7 Å². The van der Waals surface area contributed by atoms with Crippen molar-refractivity contribution in [2.24, 2.45) is 0 Å². The molecule has 0 fully saturated rings. The lowest BCUT2D eigenvalue weighted by atomic mass is 10.2. The van der Waals surface area contributed by atoms with Gasteiger partial charge in [0.2, 0.25) is 0 Å². The highest BCUT2D eigenvalue weighted by molar-refractivity contribution is 9.10. The Labute approximate surface area is 155 Å². The van der Waals surface area contributed by atoms with E-state index in [1.54, 1.807) is 51.2 Å². The van der Waals surface area contributed by atoms with Crippen molar-refractivity contribution in [2.75, 3.05) is 5.32 Å². The Hall–Kier alpha value is -2.41. The Bertz CT molecular complexity index is 755. The van der Waals surface area contributed by atoms with Gasteiger partial charge < -0.3 is 10.1 Å². The molecule has 25 heavy (non-hydrogen) atoms. The third-order valence-electron chi connectivity index (χ3n) is 3.00. The first kappa shape index (κ1) is 18.9. The summed E-state index contributed by atoms with van der Waals surface area (Å²) in [5.41, 5.74) is 1.24. The number of hydrogen-bond acceptors (Lipinski definition) is 4. The second-order valence-corrected chi connectivity index (χ2v) is 7.27. The van der Waals surface area contributed by atoms with Gasteiger partial charge in [0.25, 0.3) is 5.91 Å². The van der Waals surface area contributed by atoms with E-state index in [0.717, 1.165) is 10.2 Å². The van der Waals surface area contributed by atoms with Gasteiger partial charge in [-0.05, 0) is 57.2 Å². The standard InChI is InChI=1S/C18H20BrN3O3/c1-18(2,3)25-17(24)22-14-6-4-12(5-7-14)16(23)21-11-15-10-13(19)8-9-20-15/h4-10H,11H2,1-3H3,(H,21,23)(H,22,24). The molecule has 2 rings (SSSR count). The van der Waals surface area contributed by atoms with Crippen LogP contribution in [0.2, 0.25) is 0 Å². The van der Waals surface area contributed by atoms with Crippen LogP contribution in [0, 0.1) is 0 Å². The summed E-state index contributed by atoms with van der Waals surface area (Å²) in [6.07, 6.45) is 1.13. The third kappa shape index (κ3) is 6.54. The van der Waals surface area contributed by atoms with Crippen LogP contribution in [0.3, 0.4) is 0 Å². The largest absolute Gasteiger partial charge is 0.444 e. The predicted octanol–water partition coefficient (Wildman–Crippen LogP) is 4.12. The van der Waals surface area contributed by atoms with Crippen LogP contribution in [-0.2, 0) is 11.3 Å². The van der Waals surface area contributed by atoms with E-state index in [-0.39, 0.29) is 5.91 Å². The summed E-state index contributed by atoms with van der Waals surface area (Å²) >= 11 is 3.36. The van der Waals surface area contributed by atoms with E-state index in [0.29, 0.717) is 17.8 Å². The van der Waals surface area contributed by atoms with Gasteiger partial charge in [-0.15, -0.1) is 0 Å². The fraction of sp³-hybridized carbons (Fsp3) is 0.278. The third-order valence-corrected chi connectivity index (χ3v) is 3.49. The number of amides is 2. The maximum atomic E-state index is 12.2. The molecule has 0 saturated heterocycles. The van der Waals surface area contributed by atoms with Crippen LogP contribution in [0.1, 0.15) is 36.8 Å². The van der Waals surface area contributed by atoms with Crippen molar-refractivity contribution in [3.8, 4) is 0 Å². The number of pyridine rings is 1. The molecule has 1 aromatic heterocycles. The summed E-state index contributed by atoms with van der Waals surface area (Å²) < 4.78 is 6.08. The molecule has 0 aliphatic heterocycles. The fourth-order valence-corrected chi connectivity index (χ4v) is 2.33. The SMILES string of the molecule is CC(C)(C)OC(=O)Nc1ccc(C(=O)NCc2cc(Br)ccn2)cc1. The van der Waals surface area contributed by atoms with Crippen molar-refractivity contribution < 1.29 is 14.3 Å². The Balaban J connectivity index is 1.90. The number of rotatable bonds is 4. The first-order chi connectivity index (χ1) is 11.7. The normalized spacial score (nSPS) is 10.9. The summed E-state index contributed by atoms with van der Waals surface area (Å²) in [5.74, 6) is -0.217.